The molecular weight excluding hydrogens is 337 g/mol. The summed E-state index contributed by atoms with van der Waals surface area (Å²) in [5.74, 6) is 0. The maximum absolute atomic E-state index is 5.87. The van der Waals surface area contributed by atoms with Gasteiger partial charge in [0.15, 0.2) is 0 Å². The van der Waals surface area contributed by atoms with Gasteiger partial charge in [-0.2, -0.15) is 0 Å². The number of ether oxygens (including phenoxy) is 1. The van der Waals surface area contributed by atoms with E-state index in [4.69, 9.17) is 4.74 Å². The van der Waals surface area contributed by atoms with Crippen LogP contribution in [-0.4, -0.2) is 28.4 Å². The third-order valence-electron chi connectivity index (χ3n) is 3.79. The molecule has 1 fully saturated rings. The van der Waals surface area contributed by atoms with Crippen molar-refractivity contribution in [2.75, 3.05) is 13.2 Å². The van der Waals surface area contributed by atoms with Gasteiger partial charge in [0.2, 0.25) is 0 Å². The summed E-state index contributed by atoms with van der Waals surface area (Å²) in [5, 5.41) is 0. The van der Waals surface area contributed by atoms with Crippen molar-refractivity contribution in [1.82, 2.24) is 3.11 Å². The summed E-state index contributed by atoms with van der Waals surface area (Å²) < 4.78 is 8.39. The van der Waals surface area contributed by atoms with Gasteiger partial charge in [-0.1, -0.05) is 46.0 Å². The zero-order valence-corrected chi connectivity index (χ0v) is 14.3. The molecule has 0 bridgehead atoms. The molecule has 0 saturated heterocycles. The van der Waals surface area contributed by atoms with E-state index in [9.17, 15) is 0 Å². The van der Waals surface area contributed by atoms with Crippen LogP contribution in [0.5, 0.6) is 0 Å². The molecule has 0 amide bonds. The molecule has 1 rings (SSSR count). The lowest BCUT2D eigenvalue weighted by molar-refractivity contribution is -0.0297. The topological polar surface area (TPSA) is 12.5 Å². The van der Waals surface area contributed by atoms with Gasteiger partial charge in [0, 0.05) is 42.1 Å². The molecule has 0 aliphatic heterocycles. The minimum atomic E-state index is 0.555. The molecule has 1 saturated carbocycles. The van der Waals surface area contributed by atoms with Crippen molar-refractivity contribution >= 4 is 22.9 Å². The molecule has 0 heterocycles. The van der Waals surface area contributed by atoms with Gasteiger partial charge in [-0.15, -0.1) is 0 Å². The van der Waals surface area contributed by atoms with Gasteiger partial charge in [0.25, 0.3) is 0 Å². The first-order valence-corrected chi connectivity index (χ1v) is 8.78. The molecule has 18 heavy (non-hydrogen) atoms. The average molecular weight is 367 g/mol. The van der Waals surface area contributed by atoms with Crippen LogP contribution in [0, 0.1) is 0 Å². The molecular formula is C15H30INO. The Morgan fingerprint density at radius 3 is 2.33 bits per heavy atom. The quantitative estimate of drug-likeness (QED) is 0.291. The smallest absolute Gasteiger partial charge is 0.0605 e. The highest BCUT2D eigenvalue weighted by atomic mass is 127. The Morgan fingerprint density at radius 2 is 1.67 bits per heavy atom. The predicted octanol–water partition coefficient (Wildman–Crippen LogP) is 4.96. The Morgan fingerprint density at radius 1 is 1.00 bits per heavy atom. The van der Waals surface area contributed by atoms with Gasteiger partial charge in [0.05, 0.1) is 6.10 Å². The Balaban J connectivity index is 1.93. The van der Waals surface area contributed by atoms with E-state index >= 15 is 0 Å². The number of nitrogens with zero attached hydrogens (tertiary/aromatic N) is 1. The average Bonchev–Trinajstić information content (AvgIpc) is 2.32. The molecule has 0 aromatic rings. The fourth-order valence-electron chi connectivity index (χ4n) is 2.38. The molecule has 0 N–H and O–H groups in total. The van der Waals surface area contributed by atoms with Gasteiger partial charge < -0.3 is 4.74 Å². The van der Waals surface area contributed by atoms with E-state index in [2.05, 4.69) is 39.8 Å². The first kappa shape index (κ1) is 16.7. The predicted molar refractivity (Wildman–Crippen MR) is 87.2 cm³/mol. The molecule has 0 radical (unpaired) electrons. The summed E-state index contributed by atoms with van der Waals surface area (Å²) in [5.41, 5.74) is 0. The molecule has 3 heteroatoms. The zero-order valence-electron chi connectivity index (χ0n) is 12.2. The third-order valence-corrected chi connectivity index (χ3v) is 5.06. The second-order valence-electron chi connectivity index (χ2n) is 5.51. The van der Waals surface area contributed by atoms with E-state index in [1.807, 2.05) is 0 Å². The van der Waals surface area contributed by atoms with E-state index < -0.39 is 0 Å². The largest absolute Gasteiger partial charge is 0.378 e. The maximum atomic E-state index is 5.87. The summed E-state index contributed by atoms with van der Waals surface area (Å²) in [6.07, 6.45) is 12.4. The molecule has 108 valence electrons. The molecule has 2 nitrogen and oxygen atoms in total. The standard InChI is InChI=1S/C15H30INO/c1-3-5-7-8-10-17(16)14-12-15(13-14)18-11-9-6-4-2/h14-15H,3-13H2,1-2H3. The summed E-state index contributed by atoms with van der Waals surface area (Å²) in [6.45, 7) is 6.75. The summed E-state index contributed by atoms with van der Waals surface area (Å²) in [4.78, 5) is 0. The Kier molecular flexibility index (Phi) is 9.69. The number of rotatable bonds is 11. The highest BCUT2D eigenvalue weighted by Crippen LogP contribution is 2.31. The van der Waals surface area contributed by atoms with Gasteiger partial charge in [-0.3, -0.25) is 0 Å². The van der Waals surface area contributed by atoms with E-state index in [-0.39, 0.29) is 0 Å². The van der Waals surface area contributed by atoms with E-state index in [1.54, 1.807) is 0 Å². The van der Waals surface area contributed by atoms with E-state index in [1.165, 1.54) is 64.3 Å². The number of halogens is 1. The number of hydrogen-bond acceptors (Lipinski definition) is 2. The molecule has 1 aliphatic rings. The number of unbranched alkanes of at least 4 members (excludes halogenated alkanes) is 5. The van der Waals surface area contributed by atoms with Crippen molar-refractivity contribution in [1.29, 1.82) is 0 Å². The summed E-state index contributed by atoms with van der Waals surface area (Å²) in [7, 11) is 0. The van der Waals surface area contributed by atoms with Crippen LogP contribution in [0.3, 0.4) is 0 Å². The van der Waals surface area contributed by atoms with E-state index in [0.717, 1.165) is 12.6 Å². The van der Waals surface area contributed by atoms with Gasteiger partial charge in [-0.25, -0.2) is 3.11 Å². The van der Waals surface area contributed by atoms with Crippen LogP contribution in [0.15, 0.2) is 0 Å². The third kappa shape index (κ3) is 6.71. The Labute approximate surface area is 127 Å². The van der Waals surface area contributed by atoms with Gasteiger partial charge in [0.1, 0.15) is 0 Å². The molecule has 0 aromatic carbocycles. The van der Waals surface area contributed by atoms with Gasteiger partial charge in [-0.05, 0) is 25.7 Å². The fraction of sp³-hybridized carbons (Fsp3) is 1.00. The Bertz CT molecular complexity index is 195. The monoisotopic (exact) mass is 367 g/mol. The first-order chi connectivity index (χ1) is 8.77. The van der Waals surface area contributed by atoms with Crippen molar-refractivity contribution in [3.63, 3.8) is 0 Å². The second kappa shape index (κ2) is 10.4. The minimum Gasteiger partial charge on any atom is -0.378 e. The summed E-state index contributed by atoms with van der Waals surface area (Å²) >= 11 is 2.51. The van der Waals surface area contributed by atoms with Gasteiger partial charge >= 0.3 is 0 Å². The molecule has 0 unspecified atom stereocenters. The van der Waals surface area contributed by atoms with Crippen molar-refractivity contribution in [3.8, 4) is 0 Å². The maximum Gasteiger partial charge on any atom is 0.0605 e. The van der Waals surface area contributed by atoms with Crippen molar-refractivity contribution < 1.29 is 4.74 Å². The van der Waals surface area contributed by atoms with Crippen molar-refractivity contribution in [2.45, 2.75) is 83.8 Å². The lowest BCUT2D eigenvalue weighted by Crippen LogP contribution is -2.44. The molecule has 1 aliphatic carbocycles. The number of hydrogen-bond donors (Lipinski definition) is 0. The Hall–Kier alpha value is 0.650. The second-order valence-corrected chi connectivity index (χ2v) is 6.75. The van der Waals surface area contributed by atoms with E-state index in [0.29, 0.717) is 6.10 Å². The fourth-order valence-corrected chi connectivity index (χ4v) is 3.17. The van der Waals surface area contributed by atoms with Crippen LogP contribution in [0.4, 0.5) is 0 Å². The van der Waals surface area contributed by atoms with Crippen molar-refractivity contribution in [2.24, 2.45) is 0 Å². The molecule has 0 atom stereocenters. The SMILES string of the molecule is CCCCCCN(I)C1CC(OCCCCC)C1. The van der Waals surface area contributed by atoms with Crippen LogP contribution >= 0.6 is 22.9 Å². The van der Waals surface area contributed by atoms with Crippen LogP contribution in [-0.2, 0) is 4.74 Å². The van der Waals surface area contributed by atoms with Crippen LogP contribution < -0.4 is 0 Å². The summed E-state index contributed by atoms with van der Waals surface area (Å²) in [6, 6.07) is 0.781. The lowest BCUT2D eigenvalue weighted by atomic mass is 9.89. The lowest BCUT2D eigenvalue weighted by Gasteiger charge is -2.39. The van der Waals surface area contributed by atoms with Crippen LogP contribution in [0.25, 0.3) is 0 Å². The normalized spacial score (nSPS) is 23.3. The molecule has 0 spiro atoms. The van der Waals surface area contributed by atoms with Crippen LogP contribution in [0.2, 0.25) is 0 Å². The zero-order chi connectivity index (χ0) is 13.2. The highest BCUT2D eigenvalue weighted by molar-refractivity contribution is 14.1. The van der Waals surface area contributed by atoms with Crippen LogP contribution in [0.1, 0.15) is 71.6 Å². The highest BCUT2D eigenvalue weighted by Gasteiger charge is 2.33. The first-order valence-electron chi connectivity index (χ1n) is 7.82. The van der Waals surface area contributed by atoms with Crippen molar-refractivity contribution in [3.05, 3.63) is 0 Å². The molecule has 0 aromatic heterocycles. The minimum absolute atomic E-state index is 0.555.